The van der Waals surface area contributed by atoms with Gasteiger partial charge < -0.3 is 28.4 Å². The molecule has 0 saturated carbocycles. The van der Waals surface area contributed by atoms with E-state index in [0.717, 1.165) is 32.1 Å². The zero-order chi connectivity index (χ0) is 51.7. The average molecular weight is 987 g/mol. The summed E-state index contributed by atoms with van der Waals surface area (Å²) in [5, 5.41) is 2.35. The summed E-state index contributed by atoms with van der Waals surface area (Å²) >= 11 is 0. The number of hydrogen-bond acceptors (Lipinski definition) is 12. The summed E-state index contributed by atoms with van der Waals surface area (Å²) in [6.07, 6.45) is 0. The SMILES string of the molecule is CCOC(=O)CN1C(=O)c2cc(Oc3ccc(C)cc3)c3c4c(Oc5ccc(C)cc5)cc5c6c(cc(Oc7ccc(C)cc7)c(c7c(Oc8ccc(C)cc8)cc(c2c37)C1=O)c64)C(=O)N(CC(=O)OCC)C5=O. The lowest BCUT2D eigenvalue weighted by Gasteiger charge is -2.32. The molecular formula is C60H46N2O12. The molecule has 4 amide bonds. The lowest BCUT2D eigenvalue weighted by molar-refractivity contribution is -0.144. The molecule has 0 spiro atoms. The fraction of sp³-hybridized carbons (Fsp3) is 0.167. The lowest BCUT2D eigenvalue weighted by Crippen LogP contribution is -2.44. The highest BCUT2D eigenvalue weighted by atomic mass is 16.5. The van der Waals surface area contributed by atoms with E-state index in [2.05, 4.69) is 0 Å². The summed E-state index contributed by atoms with van der Waals surface area (Å²) < 4.78 is 38.2. The molecule has 9 aromatic carbocycles. The fourth-order valence-corrected chi connectivity index (χ4v) is 9.82. The molecule has 9 aromatic rings. The smallest absolute Gasteiger partial charge is 0.326 e. The molecule has 368 valence electrons. The van der Waals surface area contributed by atoms with Gasteiger partial charge in [0.1, 0.15) is 59.1 Å². The van der Waals surface area contributed by atoms with Gasteiger partial charge in [0.25, 0.3) is 23.6 Å². The van der Waals surface area contributed by atoms with Gasteiger partial charge in [-0.25, -0.2) is 0 Å². The first-order valence-corrected chi connectivity index (χ1v) is 24.1. The molecule has 0 radical (unpaired) electrons. The molecule has 0 N–H and O–H groups in total. The monoisotopic (exact) mass is 986 g/mol. The van der Waals surface area contributed by atoms with Gasteiger partial charge in [0.05, 0.1) is 35.5 Å². The van der Waals surface area contributed by atoms with Gasteiger partial charge in [-0.05, 0) is 114 Å². The van der Waals surface area contributed by atoms with Crippen molar-refractivity contribution in [2.75, 3.05) is 26.3 Å². The number of benzene rings is 9. The predicted octanol–water partition coefficient (Wildman–Crippen LogP) is 12.5. The fourth-order valence-electron chi connectivity index (χ4n) is 9.82. The Hall–Kier alpha value is -9.30. The molecule has 0 bridgehead atoms. The number of imide groups is 2. The van der Waals surface area contributed by atoms with Crippen LogP contribution in [-0.4, -0.2) is 71.7 Å². The van der Waals surface area contributed by atoms with Crippen molar-refractivity contribution in [1.82, 2.24) is 9.80 Å². The van der Waals surface area contributed by atoms with Crippen molar-refractivity contribution in [3.63, 3.8) is 0 Å². The van der Waals surface area contributed by atoms with Crippen LogP contribution in [0.5, 0.6) is 46.0 Å². The number of rotatable bonds is 14. The minimum Gasteiger partial charge on any atom is -0.465 e. The van der Waals surface area contributed by atoms with Crippen LogP contribution < -0.4 is 18.9 Å². The maximum absolute atomic E-state index is 15.1. The van der Waals surface area contributed by atoms with Crippen LogP contribution >= 0.6 is 0 Å². The second-order valence-electron chi connectivity index (χ2n) is 18.4. The van der Waals surface area contributed by atoms with E-state index in [4.69, 9.17) is 28.4 Å². The van der Waals surface area contributed by atoms with E-state index in [-0.39, 0.29) is 69.2 Å². The molecule has 2 aliphatic heterocycles. The van der Waals surface area contributed by atoms with E-state index < -0.39 is 48.7 Å². The minimum atomic E-state index is -0.787. The number of esters is 2. The molecular weight excluding hydrogens is 941 g/mol. The first-order valence-electron chi connectivity index (χ1n) is 24.1. The second-order valence-corrected chi connectivity index (χ2v) is 18.4. The summed E-state index contributed by atoms with van der Waals surface area (Å²) in [5.74, 6) is -2.70. The maximum atomic E-state index is 15.1. The predicted molar refractivity (Wildman–Crippen MR) is 277 cm³/mol. The van der Waals surface area contributed by atoms with Crippen molar-refractivity contribution in [3.05, 3.63) is 166 Å². The molecule has 2 aliphatic rings. The Bertz CT molecular complexity index is 3370. The van der Waals surface area contributed by atoms with Crippen molar-refractivity contribution < 1.29 is 57.2 Å². The topological polar surface area (TPSA) is 164 Å². The zero-order valence-electron chi connectivity index (χ0n) is 41.2. The Balaban J connectivity index is 1.37. The van der Waals surface area contributed by atoms with Crippen LogP contribution in [0.4, 0.5) is 0 Å². The molecule has 0 fully saturated rings. The van der Waals surface area contributed by atoms with Crippen LogP contribution in [0.2, 0.25) is 0 Å². The van der Waals surface area contributed by atoms with Crippen molar-refractivity contribution in [2.45, 2.75) is 41.5 Å². The van der Waals surface area contributed by atoms with Gasteiger partial charge in [0, 0.05) is 43.1 Å². The normalized spacial score (nSPS) is 13.1. The number of amides is 4. The molecule has 0 atom stereocenters. The van der Waals surface area contributed by atoms with E-state index in [1.807, 2.05) is 76.2 Å². The summed E-state index contributed by atoms with van der Waals surface area (Å²) in [6, 6.07) is 35.3. The number of nitrogens with zero attached hydrogens (tertiary/aromatic N) is 2. The number of fused-ring (bicyclic) bond motifs is 2. The number of carbonyl (C=O) groups excluding carboxylic acids is 6. The van der Waals surface area contributed by atoms with Gasteiger partial charge in [0.2, 0.25) is 0 Å². The third-order valence-corrected chi connectivity index (χ3v) is 13.2. The summed E-state index contributed by atoms with van der Waals surface area (Å²) in [5.41, 5.74) is 3.94. The zero-order valence-corrected chi connectivity index (χ0v) is 41.2. The van der Waals surface area contributed by atoms with Gasteiger partial charge in [-0.3, -0.25) is 38.6 Å². The van der Waals surface area contributed by atoms with Crippen LogP contribution in [0.15, 0.2) is 121 Å². The van der Waals surface area contributed by atoms with Crippen LogP contribution in [0.25, 0.3) is 43.1 Å². The van der Waals surface area contributed by atoms with E-state index in [9.17, 15) is 9.59 Å². The molecule has 14 nitrogen and oxygen atoms in total. The van der Waals surface area contributed by atoms with E-state index in [1.54, 1.807) is 62.4 Å². The first kappa shape index (κ1) is 47.0. The van der Waals surface area contributed by atoms with Crippen molar-refractivity contribution in [2.24, 2.45) is 0 Å². The Morgan fingerprint density at radius 2 is 0.581 bits per heavy atom. The quantitative estimate of drug-likeness (QED) is 0.0439. The van der Waals surface area contributed by atoms with Crippen LogP contribution in [0.1, 0.15) is 77.5 Å². The molecule has 0 saturated heterocycles. The van der Waals surface area contributed by atoms with Crippen molar-refractivity contribution in [3.8, 4) is 46.0 Å². The Kier molecular flexibility index (Phi) is 11.7. The number of ether oxygens (including phenoxy) is 6. The van der Waals surface area contributed by atoms with Crippen molar-refractivity contribution in [1.29, 1.82) is 0 Å². The van der Waals surface area contributed by atoms with E-state index in [1.165, 1.54) is 24.3 Å². The lowest BCUT2D eigenvalue weighted by atomic mass is 9.80. The van der Waals surface area contributed by atoms with Crippen LogP contribution in [-0.2, 0) is 19.1 Å². The average Bonchev–Trinajstić information content (AvgIpc) is 3.45. The second kappa shape index (κ2) is 18.4. The van der Waals surface area contributed by atoms with Crippen molar-refractivity contribution >= 4 is 78.7 Å². The number of hydrogen-bond donors (Lipinski definition) is 0. The maximum Gasteiger partial charge on any atom is 0.326 e. The Morgan fingerprint density at radius 1 is 0.351 bits per heavy atom. The molecule has 0 aromatic heterocycles. The first-order chi connectivity index (χ1) is 35.7. The number of aryl methyl sites for hydroxylation is 4. The molecule has 0 unspecified atom stereocenters. The summed E-state index contributed by atoms with van der Waals surface area (Å²) in [6.45, 7) is 9.68. The van der Waals surface area contributed by atoms with Crippen LogP contribution in [0.3, 0.4) is 0 Å². The molecule has 11 rings (SSSR count). The van der Waals surface area contributed by atoms with Gasteiger partial charge in [0.15, 0.2) is 0 Å². The minimum absolute atomic E-state index is 0.0199. The van der Waals surface area contributed by atoms with E-state index >= 15 is 19.2 Å². The van der Waals surface area contributed by atoms with E-state index in [0.29, 0.717) is 55.3 Å². The van der Waals surface area contributed by atoms with Gasteiger partial charge in [-0.15, -0.1) is 0 Å². The number of carbonyl (C=O) groups is 6. The van der Waals surface area contributed by atoms with Gasteiger partial charge >= 0.3 is 11.9 Å². The Labute approximate surface area is 423 Å². The highest BCUT2D eigenvalue weighted by molar-refractivity contribution is 6.45. The Morgan fingerprint density at radius 3 is 0.797 bits per heavy atom. The van der Waals surface area contributed by atoms with Crippen LogP contribution in [0, 0.1) is 27.7 Å². The molecule has 2 heterocycles. The third-order valence-electron chi connectivity index (χ3n) is 13.2. The molecule has 74 heavy (non-hydrogen) atoms. The van der Waals surface area contributed by atoms with Gasteiger partial charge in [-0.2, -0.15) is 0 Å². The standard InChI is InChI=1S/C60H46N2O12/c1-7-69-47(63)29-61-57(65)39-25-43(71-35-17-9-31(3)10-18-35)51-53-45(73-37-21-13-33(5)14-22-37)27-41-50-42(60(68)62(59(41)67)30-48(64)70-8-2)28-46(74-38-23-15-34(6)16-24-38)54(56(50)53)52-44(72-36-19-11-32(4)12-20-36)26-40(58(61)66)49(39)55(51)52/h9-28H,7-8,29-30H2,1-6H3. The third kappa shape index (κ3) is 8.00. The molecule has 14 heteroatoms. The molecule has 0 aliphatic carbocycles. The largest absolute Gasteiger partial charge is 0.465 e. The summed E-state index contributed by atoms with van der Waals surface area (Å²) in [4.78, 5) is 88.2. The van der Waals surface area contributed by atoms with Gasteiger partial charge in [-0.1, -0.05) is 70.8 Å². The highest BCUT2D eigenvalue weighted by Gasteiger charge is 2.42. The highest BCUT2D eigenvalue weighted by Crippen LogP contribution is 2.58. The summed E-state index contributed by atoms with van der Waals surface area (Å²) in [7, 11) is 0.